The fourth-order valence-electron chi connectivity index (χ4n) is 3.71. The van der Waals surface area contributed by atoms with E-state index in [1.54, 1.807) is 0 Å². The third kappa shape index (κ3) is 1.89. The number of hydrogen-bond acceptors (Lipinski definition) is 4. The molecular formula is C11H19NO3S. The van der Waals surface area contributed by atoms with Gasteiger partial charge in [-0.1, -0.05) is 6.42 Å². The highest BCUT2D eigenvalue weighted by atomic mass is 32.2. The van der Waals surface area contributed by atoms with Crippen LogP contribution in [0.2, 0.25) is 0 Å². The van der Waals surface area contributed by atoms with Gasteiger partial charge in [0, 0.05) is 12.1 Å². The van der Waals surface area contributed by atoms with Crippen LogP contribution in [-0.2, 0) is 9.84 Å². The van der Waals surface area contributed by atoms with Gasteiger partial charge in [-0.15, -0.1) is 0 Å². The second-order valence-electron chi connectivity index (χ2n) is 5.70. The predicted molar refractivity (Wildman–Crippen MR) is 60.8 cm³/mol. The Balaban J connectivity index is 1.63. The molecule has 2 N–H and O–H groups in total. The minimum absolute atomic E-state index is 0.0640. The van der Waals surface area contributed by atoms with Crippen LogP contribution in [0.15, 0.2) is 0 Å². The van der Waals surface area contributed by atoms with Crippen molar-refractivity contribution in [1.29, 1.82) is 0 Å². The summed E-state index contributed by atoms with van der Waals surface area (Å²) in [6.07, 6.45) is 4.39. The van der Waals surface area contributed by atoms with Crippen molar-refractivity contribution in [2.75, 3.05) is 11.5 Å². The van der Waals surface area contributed by atoms with Crippen molar-refractivity contribution in [2.24, 2.45) is 11.8 Å². The molecule has 2 aliphatic carbocycles. The lowest BCUT2D eigenvalue weighted by molar-refractivity contribution is 0.151. The van der Waals surface area contributed by atoms with Crippen molar-refractivity contribution in [1.82, 2.24) is 5.32 Å². The van der Waals surface area contributed by atoms with E-state index in [4.69, 9.17) is 0 Å². The van der Waals surface area contributed by atoms with E-state index < -0.39 is 15.9 Å². The average molecular weight is 245 g/mol. The first-order chi connectivity index (χ1) is 7.53. The molecule has 5 heteroatoms. The molecule has 5 unspecified atom stereocenters. The Kier molecular flexibility index (Phi) is 2.53. The van der Waals surface area contributed by atoms with E-state index in [1.807, 2.05) is 0 Å². The highest BCUT2D eigenvalue weighted by molar-refractivity contribution is 7.91. The van der Waals surface area contributed by atoms with Gasteiger partial charge in [0.05, 0.1) is 17.6 Å². The fourth-order valence-corrected chi connectivity index (χ4v) is 5.47. The fraction of sp³-hybridized carbons (Fsp3) is 1.00. The summed E-state index contributed by atoms with van der Waals surface area (Å²) in [4.78, 5) is 0. The van der Waals surface area contributed by atoms with Gasteiger partial charge < -0.3 is 10.4 Å². The van der Waals surface area contributed by atoms with Crippen LogP contribution < -0.4 is 5.32 Å². The second kappa shape index (κ2) is 3.68. The maximum Gasteiger partial charge on any atom is 0.154 e. The zero-order chi connectivity index (χ0) is 11.3. The number of nitrogens with one attached hydrogen (secondary N) is 1. The Bertz CT molecular complexity index is 381. The highest BCUT2D eigenvalue weighted by Gasteiger charge is 2.43. The number of hydrogen-bond donors (Lipinski definition) is 2. The third-order valence-corrected chi connectivity index (χ3v) is 6.21. The molecule has 0 spiro atoms. The molecule has 0 aromatic rings. The number of aliphatic hydroxyl groups excluding tert-OH is 1. The molecule has 3 aliphatic rings. The van der Waals surface area contributed by atoms with Crippen molar-refractivity contribution < 1.29 is 13.5 Å². The van der Waals surface area contributed by atoms with Crippen LogP contribution in [0.25, 0.3) is 0 Å². The lowest BCUT2D eigenvalue weighted by atomic mass is 9.94. The van der Waals surface area contributed by atoms with Crippen molar-refractivity contribution in [2.45, 2.75) is 43.9 Å². The van der Waals surface area contributed by atoms with Crippen LogP contribution in [0.3, 0.4) is 0 Å². The molecule has 0 amide bonds. The van der Waals surface area contributed by atoms with Crippen molar-refractivity contribution in [3.05, 3.63) is 0 Å². The lowest BCUT2D eigenvalue weighted by Gasteiger charge is -2.27. The first-order valence-corrected chi connectivity index (χ1v) is 8.00. The summed E-state index contributed by atoms with van der Waals surface area (Å²) in [7, 11) is -3.01. The molecule has 0 aromatic heterocycles. The molecule has 1 saturated heterocycles. The summed E-state index contributed by atoms with van der Waals surface area (Å²) in [6.45, 7) is 0. The molecule has 5 atom stereocenters. The molecule has 2 saturated carbocycles. The molecule has 1 aliphatic heterocycles. The number of fused-ring (bicyclic) bond motifs is 2. The van der Waals surface area contributed by atoms with E-state index in [0.717, 1.165) is 11.8 Å². The van der Waals surface area contributed by atoms with Gasteiger partial charge in [-0.2, -0.15) is 0 Å². The highest BCUT2D eigenvalue weighted by Crippen LogP contribution is 2.44. The normalized spacial score (nSPS) is 49.9. The number of aliphatic hydroxyl groups is 1. The Hall–Kier alpha value is -0.130. The summed E-state index contributed by atoms with van der Waals surface area (Å²) in [5.41, 5.74) is 0. The van der Waals surface area contributed by atoms with E-state index in [9.17, 15) is 13.5 Å². The summed E-state index contributed by atoms with van der Waals surface area (Å²) in [5, 5.41) is 13.1. The summed E-state index contributed by atoms with van der Waals surface area (Å²) < 4.78 is 22.8. The Morgan fingerprint density at radius 1 is 1.06 bits per heavy atom. The first kappa shape index (κ1) is 11.0. The van der Waals surface area contributed by atoms with Gasteiger partial charge in [-0.05, 0) is 31.1 Å². The summed E-state index contributed by atoms with van der Waals surface area (Å²) >= 11 is 0. The minimum Gasteiger partial charge on any atom is -0.390 e. The Labute approximate surface area is 96.3 Å². The van der Waals surface area contributed by atoms with E-state index in [2.05, 4.69) is 5.32 Å². The topological polar surface area (TPSA) is 66.4 Å². The molecule has 0 radical (unpaired) electrons. The lowest BCUT2D eigenvalue weighted by Crippen LogP contribution is -2.47. The van der Waals surface area contributed by atoms with Crippen LogP contribution >= 0.6 is 0 Å². The Morgan fingerprint density at radius 3 is 2.38 bits per heavy atom. The van der Waals surface area contributed by atoms with Crippen LogP contribution in [0.5, 0.6) is 0 Å². The molecule has 2 bridgehead atoms. The van der Waals surface area contributed by atoms with Gasteiger partial charge in [0.2, 0.25) is 0 Å². The van der Waals surface area contributed by atoms with Gasteiger partial charge in [0.25, 0.3) is 0 Å². The van der Waals surface area contributed by atoms with Gasteiger partial charge in [-0.25, -0.2) is 8.42 Å². The Morgan fingerprint density at radius 2 is 1.88 bits per heavy atom. The standard InChI is InChI=1S/C11H19NO3S/c13-11-6-16(14,15)5-10(11)12-9-4-7-1-2-8(9)3-7/h7-13H,1-6H2. The third-order valence-electron chi connectivity index (χ3n) is 4.49. The minimum atomic E-state index is -3.01. The zero-order valence-corrected chi connectivity index (χ0v) is 10.1. The molecule has 3 fully saturated rings. The van der Waals surface area contributed by atoms with Gasteiger partial charge in [0.15, 0.2) is 9.84 Å². The maximum absolute atomic E-state index is 11.4. The summed E-state index contributed by atoms with van der Waals surface area (Å²) in [5.74, 6) is 1.62. The average Bonchev–Trinajstić information content (AvgIpc) is 2.81. The van der Waals surface area contributed by atoms with Crippen molar-refractivity contribution >= 4 is 9.84 Å². The first-order valence-electron chi connectivity index (χ1n) is 6.18. The van der Waals surface area contributed by atoms with Crippen LogP contribution in [0, 0.1) is 11.8 Å². The van der Waals surface area contributed by atoms with Crippen LogP contribution in [0.1, 0.15) is 25.7 Å². The van der Waals surface area contributed by atoms with E-state index in [1.165, 1.54) is 25.7 Å². The largest absolute Gasteiger partial charge is 0.390 e. The van der Waals surface area contributed by atoms with E-state index in [0.29, 0.717) is 6.04 Å². The van der Waals surface area contributed by atoms with Crippen molar-refractivity contribution in [3.63, 3.8) is 0 Å². The quantitative estimate of drug-likeness (QED) is 0.714. The molecule has 0 aromatic carbocycles. The van der Waals surface area contributed by atoms with E-state index >= 15 is 0 Å². The summed E-state index contributed by atoms with van der Waals surface area (Å²) in [6, 6.07) is 0.223. The number of rotatable bonds is 2. The van der Waals surface area contributed by atoms with E-state index in [-0.39, 0.29) is 17.5 Å². The maximum atomic E-state index is 11.4. The SMILES string of the molecule is O=S1(=O)CC(O)C(NC2CC3CCC2C3)C1. The van der Waals surface area contributed by atoms with Gasteiger partial charge >= 0.3 is 0 Å². The number of sulfone groups is 1. The van der Waals surface area contributed by atoms with Crippen LogP contribution in [0.4, 0.5) is 0 Å². The zero-order valence-electron chi connectivity index (χ0n) is 9.30. The smallest absolute Gasteiger partial charge is 0.154 e. The van der Waals surface area contributed by atoms with Gasteiger partial charge in [-0.3, -0.25) is 0 Å². The molecule has 4 nitrogen and oxygen atoms in total. The molecular weight excluding hydrogens is 226 g/mol. The monoisotopic (exact) mass is 245 g/mol. The van der Waals surface area contributed by atoms with Gasteiger partial charge in [0.1, 0.15) is 0 Å². The molecule has 3 rings (SSSR count). The van der Waals surface area contributed by atoms with Crippen molar-refractivity contribution in [3.8, 4) is 0 Å². The molecule has 1 heterocycles. The second-order valence-corrected chi connectivity index (χ2v) is 7.85. The molecule has 92 valence electrons. The predicted octanol–water partition coefficient (Wildman–Crippen LogP) is -0.0775. The van der Waals surface area contributed by atoms with Crippen LogP contribution in [-0.4, -0.2) is 43.2 Å². The molecule has 16 heavy (non-hydrogen) atoms.